The largest absolute Gasteiger partial charge is 0.393 e. The second-order valence-electron chi connectivity index (χ2n) is 14.7. The van der Waals surface area contributed by atoms with Crippen molar-refractivity contribution >= 4 is 5.78 Å². The molecule has 0 spiro atoms. The Kier molecular flexibility index (Phi) is 11.6. The third-order valence-corrected chi connectivity index (χ3v) is 11.9. The van der Waals surface area contributed by atoms with E-state index >= 15 is 0 Å². The van der Waals surface area contributed by atoms with Gasteiger partial charge in [0.05, 0.1) is 18.3 Å². The first-order chi connectivity index (χ1) is 19.6. The number of carbonyl (C=O) groups is 1. The van der Waals surface area contributed by atoms with Crippen LogP contribution in [0.15, 0.2) is 35.5 Å². The summed E-state index contributed by atoms with van der Waals surface area (Å²) >= 11 is 0. The Labute approximate surface area is 250 Å². The normalized spacial score (nSPS) is 34.5. The first-order valence-corrected chi connectivity index (χ1v) is 17.3. The zero-order valence-corrected chi connectivity index (χ0v) is 26.5. The van der Waals surface area contributed by atoms with Crippen LogP contribution in [0.2, 0.25) is 0 Å². The van der Waals surface area contributed by atoms with Crippen LogP contribution in [0.25, 0.3) is 0 Å². The number of hydrogen-bond acceptors (Lipinski definition) is 4. The number of unbranched alkanes of at least 4 members (excludes halogenated alkanes) is 6. The van der Waals surface area contributed by atoms with E-state index in [0.29, 0.717) is 30.5 Å². The molecule has 0 radical (unpaired) electrons. The summed E-state index contributed by atoms with van der Waals surface area (Å²) in [6.07, 6.45) is 22.7. The van der Waals surface area contributed by atoms with Crippen LogP contribution < -0.4 is 0 Å². The Morgan fingerprint density at radius 3 is 2.46 bits per heavy atom. The van der Waals surface area contributed by atoms with Gasteiger partial charge in [-0.2, -0.15) is 0 Å². The van der Waals surface area contributed by atoms with E-state index < -0.39 is 12.2 Å². The summed E-state index contributed by atoms with van der Waals surface area (Å²) in [5.41, 5.74) is 3.29. The minimum atomic E-state index is -0.649. The van der Waals surface area contributed by atoms with E-state index in [9.17, 15) is 20.1 Å². The molecule has 0 saturated heterocycles. The van der Waals surface area contributed by atoms with Gasteiger partial charge in [0, 0.05) is 18.3 Å². The van der Waals surface area contributed by atoms with Crippen molar-refractivity contribution in [3.05, 3.63) is 35.5 Å². The van der Waals surface area contributed by atoms with Crippen LogP contribution in [0, 0.1) is 28.6 Å². The van der Waals surface area contributed by atoms with E-state index in [4.69, 9.17) is 0 Å². The lowest BCUT2D eigenvalue weighted by molar-refractivity contribution is -0.124. The number of hydrogen-bond donors (Lipinski definition) is 3. The minimum Gasteiger partial charge on any atom is -0.393 e. The maximum atomic E-state index is 13.1. The van der Waals surface area contributed by atoms with Crippen molar-refractivity contribution in [3.63, 3.8) is 0 Å². The zero-order chi connectivity index (χ0) is 29.6. The van der Waals surface area contributed by atoms with E-state index in [1.165, 1.54) is 63.4 Å². The molecule has 41 heavy (non-hydrogen) atoms. The van der Waals surface area contributed by atoms with Gasteiger partial charge in [-0.25, -0.2) is 0 Å². The molecule has 232 valence electrons. The first kappa shape index (κ1) is 32.7. The second-order valence-corrected chi connectivity index (χ2v) is 14.7. The van der Waals surface area contributed by atoms with Gasteiger partial charge >= 0.3 is 0 Å². The molecular weight excluding hydrogens is 508 g/mol. The van der Waals surface area contributed by atoms with Gasteiger partial charge in [-0.3, -0.25) is 4.79 Å². The molecule has 0 aromatic rings. The zero-order valence-electron chi connectivity index (χ0n) is 26.5. The SMILES string of the molecule is C=C1/C(=C\C=C2/CCC[C@]3(C)[C@@H]([C@H](C)[C@H](O)CCC4(C(=O)CCCCCCCCC)CC4)CC[C@@H]23)C[C@@H](O)C[C@@H]1O. The number of Topliss-reactive ketones (excluding diaryl/α,β-unsaturated/α-hetero) is 1. The van der Waals surface area contributed by atoms with E-state index in [2.05, 4.69) is 39.5 Å². The van der Waals surface area contributed by atoms with Crippen LogP contribution >= 0.6 is 0 Å². The van der Waals surface area contributed by atoms with Gasteiger partial charge in [0.2, 0.25) is 0 Å². The molecule has 4 heteroatoms. The van der Waals surface area contributed by atoms with Crippen molar-refractivity contribution < 1.29 is 20.1 Å². The fourth-order valence-electron chi connectivity index (χ4n) is 8.89. The Morgan fingerprint density at radius 1 is 1.05 bits per heavy atom. The third kappa shape index (κ3) is 7.84. The predicted molar refractivity (Wildman–Crippen MR) is 168 cm³/mol. The highest BCUT2D eigenvalue weighted by atomic mass is 16.3. The van der Waals surface area contributed by atoms with Crippen molar-refractivity contribution in [3.8, 4) is 0 Å². The Morgan fingerprint density at radius 2 is 1.76 bits per heavy atom. The minimum absolute atomic E-state index is 0.121. The van der Waals surface area contributed by atoms with Crippen molar-refractivity contribution in [2.45, 2.75) is 161 Å². The Bertz CT molecular complexity index is 958. The average molecular weight is 569 g/mol. The Hall–Kier alpha value is -1.23. The molecule has 4 aliphatic rings. The summed E-state index contributed by atoms with van der Waals surface area (Å²) < 4.78 is 0. The fraction of sp³-hybridized carbons (Fsp3) is 0.811. The summed E-state index contributed by atoms with van der Waals surface area (Å²) in [7, 11) is 0. The van der Waals surface area contributed by atoms with Gasteiger partial charge in [-0.1, -0.05) is 83.6 Å². The number of allylic oxidation sites excluding steroid dienone is 3. The second kappa shape index (κ2) is 14.5. The van der Waals surface area contributed by atoms with Crippen LogP contribution in [-0.2, 0) is 4.79 Å². The molecular formula is C37H60O4. The van der Waals surface area contributed by atoms with Gasteiger partial charge in [-0.15, -0.1) is 0 Å². The lowest BCUT2D eigenvalue weighted by Crippen LogP contribution is -2.39. The van der Waals surface area contributed by atoms with Crippen molar-refractivity contribution in [1.29, 1.82) is 0 Å². The molecule has 0 aromatic heterocycles. The first-order valence-electron chi connectivity index (χ1n) is 17.3. The summed E-state index contributed by atoms with van der Waals surface area (Å²) in [5, 5.41) is 31.8. The molecule has 0 amide bonds. The molecule has 0 unspecified atom stereocenters. The standard InChI is InChI=1S/C37H60O4/c1-5-6-7-8-9-10-11-14-35(41)37(22-23-37)21-19-33(39)27(3)31-17-18-32-28(13-12-20-36(31,32)4)15-16-29-24-30(38)25-34(40)26(29)2/h15-16,27,30-34,38-40H,2,5-14,17-25H2,1,3-4H3/b28-15+,29-16-/t27-,30+,31+,32-,33+,34-,36+/m0/s1. The lowest BCUT2D eigenvalue weighted by Gasteiger charge is -2.45. The predicted octanol–water partition coefficient (Wildman–Crippen LogP) is 8.39. The number of aliphatic hydroxyl groups excluding tert-OH is 3. The molecule has 0 bridgehead atoms. The number of rotatable bonds is 15. The number of ketones is 1. The van der Waals surface area contributed by atoms with Crippen molar-refractivity contribution in [2.24, 2.45) is 28.6 Å². The summed E-state index contributed by atoms with van der Waals surface area (Å²) in [5.74, 6) is 1.72. The molecule has 4 aliphatic carbocycles. The maximum Gasteiger partial charge on any atom is 0.139 e. The van der Waals surface area contributed by atoms with Crippen LogP contribution in [0.4, 0.5) is 0 Å². The van der Waals surface area contributed by atoms with E-state index in [1.54, 1.807) is 0 Å². The molecule has 4 nitrogen and oxygen atoms in total. The number of carbonyl (C=O) groups excluding carboxylic acids is 1. The molecule has 3 N–H and O–H groups in total. The van der Waals surface area contributed by atoms with Crippen LogP contribution in [0.5, 0.6) is 0 Å². The van der Waals surface area contributed by atoms with Gasteiger partial charge in [0.1, 0.15) is 5.78 Å². The van der Waals surface area contributed by atoms with Gasteiger partial charge in [-0.05, 0) is 105 Å². The van der Waals surface area contributed by atoms with E-state index in [0.717, 1.165) is 62.5 Å². The summed E-state index contributed by atoms with van der Waals surface area (Å²) in [4.78, 5) is 13.1. The van der Waals surface area contributed by atoms with Crippen molar-refractivity contribution in [2.75, 3.05) is 0 Å². The van der Waals surface area contributed by atoms with Crippen molar-refractivity contribution in [1.82, 2.24) is 0 Å². The molecule has 0 aliphatic heterocycles. The quantitative estimate of drug-likeness (QED) is 0.173. The van der Waals surface area contributed by atoms with Gasteiger partial charge in [0.15, 0.2) is 0 Å². The molecule has 0 aromatic carbocycles. The van der Waals surface area contributed by atoms with Gasteiger partial charge < -0.3 is 15.3 Å². The molecule has 7 atom stereocenters. The summed E-state index contributed by atoms with van der Waals surface area (Å²) in [6.45, 7) is 11.0. The highest BCUT2D eigenvalue weighted by Crippen LogP contribution is 2.60. The smallest absolute Gasteiger partial charge is 0.139 e. The molecule has 0 heterocycles. The third-order valence-electron chi connectivity index (χ3n) is 11.9. The van der Waals surface area contributed by atoms with Crippen LogP contribution in [0.3, 0.4) is 0 Å². The molecule has 4 saturated carbocycles. The average Bonchev–Trinajstić information content (AvgIpc) is 3.66. The van der Waals surface area contributed by atoms with Crippen LogP contribution in [0.1, 0.15) is 143 Å². The number of fused-ring (bicyclic) bond motifs is 1. The van der Waals surface area contributed by atoms with Gasteiger partial charge in [0.25, 0.3) is 0 Å². The topological polar surface area (TPSA) is 77.8 Å². The van der Waals surface area contributed by atoms with Crippen LogP contribution in [-0.4, -0.2) is 39.4 Å². The highest BCUT2D eigenvalue weighted by molar-refractivity contribution is 5.87. The monoisotopic (exact) mass is 568 g/mol. The molecule has 4 rings (SSSR count). The number of aliphatic hydroxyl groups is 3. The fourth-order valence-corrected chi connectivity index (χ4v) is 8.89. The molecule has 4 fully saturated rings. The Balaban J connectivity index is 1.29. The summed E-state index contributed by atoms with van der Waals surface area (Å²) in [6, 6.07) is 0. The van der Waals surface area contributed by atoms with E-state index in [1.807, 2.05) is 0 Å². The maximum absolute atomic E-state index is 13.1. The van der Waals surface area contributed by atoms with E-state index in [-0.39, 0.29) is 22.9 Å². The lowest BCUT2D eigenvalue weighted by atomic mass is 9.60. The highest BCUT2D eigenvalue weighted by Gasteiger charge is 2.53.